The summed E-state index contributed by atoms with van der Waals surface area (Å²) in [6.45, 7) is -1.97. The Labute approximate surface area is 69.6 Å². The van der Waals surface area contributed by atoms with Crippen LogP contribution in [0, 0.1) is 0 Å². The first-order valence-corrected chi connectivity index (χ1v) is 3.18. The van der Waals surface area contributed by atoms with E-state index in [9.17, 15) is 12.8 Å². The van der Waals surface area contributed by atoms with Crippen LogP contribution in [0.25, 0.3) is 0 Å². The molecule has 0 amide bonds. The van der Waals surface area contributed by atoms with E-state index >= 15 is 0 Å². The minimum atomic E-state index is -4.49. The molecule has 0 atom stereocenters. The normalized spacial score (nSPS) is 10.6. The summed E-state index contributed by atoms with van der Waals surface area (Å²) < 4.78 is 45.4. The van der Waals surface area contributed by atoms with Crippen LogP contribution in [-0.4, -0.2) is 45.5 Å². The number of hydrogen-bond donors (Lipinski definition) is 1. The fourth-order valence-corrected chi connectivity index (χ4v) is 0.316. The van der Waals surface area contributed by atoms with Crippen LogP contribution < -0.4 is 0 Å². The van der Waals surface area contributed by atoms with E-state index in [0.717, 1.165) is 0 Å². The van der Waals surface area contributed by atoms with Gasteiger partial charge in [0.25, 0.3) is 0 Å². The molecule has 10 heavy (non-hydrogen) atoms. The summed E-state index contributed by atoms with van der Waals surface area (Å²) in [6.07, 6.45) is 0. The molecule has 0 aliphatic heterocycles. The summed E-state index contributed by atoms with van der Waals surface area (Å²) in [5.41, 5.74) is 0. The van der Waals surface area contributed by atoms with Gasteiger partial charge in [-0.2, -0.15) is 8.42 Å². The van der Waals surface area contributed by atoms with Crippen molar-refractivity contribution in [2.75, 3.05) is 13.7 Å². The quantitative estimate of drug-likeness (QED) is 0.254. The van der Waals surface area contributed by atoms with Crippen molar-refractivity contribution in [3.8, 4) is 0 Å². The maximum atomic E-state index is 11.0. The van der Waals surface area contributed by atoms with E-state index < -0.39 is 24.1 Å². The van der Waals surface area contributed by atoms with Crippen molar-refractivity contribution >= 4 is 29.3 Å². The third kappa shape index (κ3) is 11.2. The molecule has 5 nitrogen and oxygen atoms in total. The van der Waals surface area contributed by atoms with Crippen molar-refractivity contribution in [1.82, 2.24) is 0 Å². The molecular weight excluding hydrogens is 162 g/mol. The van der Waals surface area contributed by atoms with Gasteiger partial charge in [0.15, 0.2) is 13.7 Å². The van der Waals surface area contributed by atoms with Gasteiger partial charge >= 0.3 is 29.3 Å². The van der Waals surface area contributed by atoms with Gasteiger partial charge in [-0.05, 0) is 0 Å². The van der Waals surface area contributed by atoms with Gasteiger partial charge in [-0.3, -0.25) is 4.55 Å². The average Bonchev–Trinajstić information content (AvgIpc) is 1.63. The SMILES string of the molecule is O=S(=O)(O)OCOCF.[LiH]. The van der Waals surface area contributed by atoms with Gasteiger partial charge in [-0.1, -0.05) is 0 Å². The van der Waals surface area contributed by atoms with Crippen LogP contribution >= 0.6 is 0 Å². The van der Waals surface area contributed by atoms with Crippen molar-refractivity contribution in [2.24, 2.45) is 0 Å². The van der Waals surface area contributed by atoms with E-state index in [1.165, 1.54) is 0 Å². The first kappa shape index (κ1) is 13.0. The van der Waals surface area contributed by atoms with Gasteiger partial charge in [-0.15, -0.1) is 0 Å². The number of ether oxygens (including phenoxy) is 1. The molecular formula is C2H6FLiO5S. The van der Waals surface area contributed by atoms with Crippen LogP contribution in [0.15, 0.2) is 0 Å². The third-order valence-corrected chi connectivity index (χ3v) is 0.752. The standard InChI is InChI=1S/C2H5FO5S.Li.H/c3-1-7-2-8-9(4,5)6;;/h1-2H2,(H,4,5,6);;. The monoisotopic (exact) mass is 168 g/mol. The predicted octanol–water partition coefficient (Wildman–Crippen LogP) is -0.942. The van der Waals surface area contributed by atoms with Crippen LogP contribution in [0.5, 0.6) is 0 Å². The first-order valence-electron chi connectivity index (χ1n) is 1.82. The van der Waals surface area contributed by atoms with Gasteiger partial charge in [0, 0.05) is 0 Å². The molecule has 0 spiro atoms. The maximum absolute atomic E-state index is 11.0. The van der Waals surface area contributed by atoms with E-state index in [0.29, 0.717) is 0 Å². The van der Waals surface area contributed by atoms with Gasteiger partial charge in [0.1, 0.15) is 0 Å². The summed E-state index contributed by atoms with van der Waals surface area (Å²) in [5.74, 6) is 0. The van der Waals surface area contributed by atoms with Crippen LogP contribution in [-0.2, 0) is 19.3 Å². The Bertz CT molecular complexity index is 155. The zero-order chi connectivity index (χ0) is 7.33. The second-order valence-corrected chi connectivity index (χ2v) is 2.07. The molecule has 0 unspecified atom stereocenters. The zero-order valence-electron chi connectivity index (χ0n) is 4.28. The average molecular weight is 168 g/mol. The van der Waals surface area contributed by atoms with E-state index in [-0.39, 0.29) is 18.9 Å². The van der Waals surface area contributed by atoms with Gasteiger partial charge in [-0.25, -0.2) is 8.57 Å². The van der Waals surface area contributed by atoms with Crippen molar-refractivity contribution in [2.45, 2.75) is 0 Å². The molecule has 58 valence electrons. The number of halogens is 1. The molecule has 0 aromatic carbocycles. The van der Waals surface area contributed by atoms with Gasteiger partial charge in [0.2, 0.25) is 0 Å². The van der Waals surface area contributed by atoms with Crippen LogP contribution in [0.2, 0.25) is 0 Å². The summed E-state index contributed by atoms with van der Waals surface area (Å²) >= 11 is 0. The Kier molecular flexibility index (Phi) is 7.91. The molecule has 0 radical (unpaired) electrons. The van der Waals surface area contributed by atoms with E-state index in [4.69, 9.17) is 4.55 Å². The number of rotatable bonds is 4. The summed E-state index contributed by atoms with van der Waals surface area (Å²) in [4.78, 5) is 0. The molecule has 0 saturated heterocycles. The molecule has 0 aromatic rings. The molecule has 0 aliphatic carbocycles. The first-order chi connectivity index (χ1) is 4.06. The minimum absolute atomic E-state index is 0. The number of alkyl halides is 1. The van der Waals surface area contributed by atoms with Crippen molar-refractivity contribution in [3.05, 3.63) is 0 Å². The van der Waals surface area contributed by atoms with Crippen LogP contribution in [0.4, 0.5) is 4.39 Å². The van der Waals surface area contributed by atoms with Crippen LogP contribution in [0.3, 0.4) is 0 Å². The van der Waals surface area contributed by atoms with Crippen molar-refractivity contribution in [3.63, 3.8) is 0 Å². The molecule has 0 bridgehead atoms. The second-order valence-electron chi connectivity index (χ2n) is 0.977. The number of hydrogen-bond acceptors (Lipinski definition) is 4. The Hall–Kier alpha value is 0.357. The zero-order valence-corrected chi connectivity index (χ0v) is 5.10. The molecule has 0 rings (SSSR count). The molecule has 1 N–H and O–H groups in total. The Morgan fingerprint density at radius 3 is 2.30 bits per heavy atom. The Balaban J connectivity index is 0. The Morgan fingerprint density at radius 2 is 2.00 bits per heavy atom. The fraction of sp³-hybridized carbons (Fsp3) is 1.00. The van der Waals surface area contributed by atoms with Crippen LogP contribution in [0.1, 0.15) is 0 Å². The van der Waals surface area contributed by atoms with E-state index in [1.54, 1.807) is 0 Å². The van der Waals surface area contributed by atoms with E-state index in [2.05, 4.69) is 8.92 Å². The molecule has 0 heterocycles. The molecule has 8 heteroatoms. The fourth-order valence-electron chi connectivity index (χ4n) is 0.126. The summed E-state index contributed by atoms with van der Waals surface area (Å²) in [6, 6.07) is 0. The molecule has 0 aromatic heterocycles. The summed E-state index contributed by atoms with van der Waals surface area (Å²) in [7, 11) is -4.49. The van der Waals surface area contributed by atoms with Gasteiger partial charge in [0.05, 0.1) is 0 Å². The van der Waals surface area contributed by atoms with E-state index in [1.807, 2.05) is 0 Å². The molecule has 0 aliphatic rings. The van der Waals surface area contributed by atoms with Crippen molar-refractivity contribution < 1.29 is 26.3 Å². The second kappa shape index (κ2) is 6.09. The Morgan fingerprint density at radius 1 is 1.50 bits per heavy atom. The third-order valence-electron chi connectivity index (χ3n) is 0.358. The predicted molar refractivity (Wildman–Crippen MR) is 31.7 cm³/mol. The van der Waals surface area contributed by atoms with Crippen molar-refractivity contribution in [1.29, 1.82) is 0 Å². The van der Waals surface area contributed by atoms with Gasteiger partial charge < -0.3 is 4.74 Å². The molecule has 0 fully saturated rings. The molecule has 0 saturated carbocycles. The topological polar surface area (TPSA) is 72.8 Å². The summed E-state index contributed by atoms with van der Waals surface area (Å²) in [5, 5.41) is 0.